The lowest BCUT2D eigenvalue weighted by atomic mass is 9.77. The highest BCUT2D eigenvalue weighted by molar-refractivity contribution is 6.59. The molecule has 18 heavy (non-hydrogen) atoms. The van der Waals surface area contributed by atoms with Crippen molar-refractivity contribution in [3.8, 4) is 0 Å². The average molecular weight is 250 g/mol. The summed E-state index contributed by atoms with van der Waals surface area (Å²) in [5, 5.41) is 18.6. The predicted octanol–water partition coefficient (Wildman–Crippen LogP) is -0.250. The van der Waals surface area contributed by atoms with E-state index in [1.807, 2.05) is 18.2 Å². The van der Waals surface area contributed by atoms with Crippen molar-refractivity contribution in [2.45, 2.75) is 13.0 Å². The second-order valence-electron chi connectivity index (χ2n) is 4.97. The van der Waals surface area contributed by atoms with Crippen LogP contribution in [0.1, 0.15) is 12.0 Å². The summed E-state index contributed by atoms with van der Waals surface area (Å²) in [5.41, 5.74) is 1.57. The minimum absolute atomic E-state index is 0.594. The fourth-order valence-electron chi connectivity index (χ4n) is 1.96. The van der Waals surface area contributed by atoms with Crippen LogP contribution in [0.25, 0.3) is 0 Å². The molecule has 0 spiro atoms. The summed E-state index contributed by atoms with van der Waals surface area (Å²) in [6, 6.07) is 7.45. The van der Waals surface area contributed by atoms with E-state index in [2.05, 4.69) is 30.9 Å². The fraction of sp³-hybridized carbons (Fsp3) is 0.538. The molecule has 0 aliphatic carbocycles. The third-order valence-electron chi connectivity index (χ3n) is 2.92. The van der Waals surface area contributed by atoms with Gasteiger partial charge in [0.05, 0.1) is 0 Å². The van der Waals surface area contributed by atoms with Gasteiger partial charge in [0, 0.05) is 6.54 Å². The van der Waals surface area contributed by atoms with Gasteiger partial charge in [-0.1, -0.05) is 24.3 Å². The molecule has 1 aromatic rings. The fourth-order valence-corrected chi connectivity index (χ4v) is 1.96. The van der Waals surface area contributed by atoms with Crippen LogP contribution in [-0.2, 0) is 6.54 Å². The van der Waals surface area contributed by atoms with Gasteiger partial charge in [0.1, 0.15) is 0 Å². The molecule has 0 amide bonds. The van der Waals surface area contributed by atoms with Gasteiger partial charge in [-0.15, -0.1) is 0 Å². The van der Waals surface area contributed by atoms with Crippen LogP contribution in [0, 0.1) is 0 Å². The smallest absolute Gasteiger partial charge is 0.423 e. The van der Waals surface area contributed by atoms with E-state index >= 15 is 0 Å². The lowest BCUT2D eigenvalue weighted by Gasteiger charge is -2.19. The third kappa shape index (κ3) is 5.18. The second kappa shape index (κ2) is 7.54. The van der Waals surface area contributed by atoms with E-state index in [4.69, 9.17) is 0 Å². The summed E-state index contributed by atoms with van der Waals surface area (Å²) in [7, 11) is 4.79. The van der Waals surface area contributed by atoms with Crippen LogP contribution < -0.4 is 5.46 Å². The maximum atomic E-state index is 9.30. The molecule has 0 atom stereocenters. The van der Waals surface area contributed by atoms with Gasteiger partial charge < -0.3 is 19.8 Å². The topological polar surface area (TPSA) is 46.9 Å². The molecule has 100 valence electrons. The number of hydrogen-bond donors (Lipinski definition) is 2. The first-order chi connectivity index (χ1) is 8.50. The van der Waals surface area contributed by atoms with Gasteiger partial charge in [0.25, 0.3) is 0 Å². The zero-order chi connectivity index (χ0) is 13.5. The quantitative estimate of drug-likeness (QED) is 0.655. The van der Waals surface area contributed by atoms with Gasteiger partial charge in [-0.2, -0.15) is 0 Å². The third-order valence-corrected chi connectivity index (χ3v) is 2.92. The summed E-state index contributed by atoms with van der Waals surface area (Å²) >= 11 is 0. The highest BCUT2D eigenvalue weighted by atomic mass is 16.4. The van der Waals surface area contributed by atoms with Crippen molar-refractivity contribution in [3.05, 3.63) is 29.8 Å². The van der Waals surface area contributed by atoms with Gasteiger partial charge in [-0.3, -0.25) is 0 Å². The van der Waals surface area contributed by atoms with Crippen molar-refractivity contribution >= 4 is 12.6 Å². The Bertz CT molecular complexity index is 359. The first-order valence-corrected chi connectivity index (χ1v) is 6.28. The van der Waals surface area contributed by atoms with E-state index in [0.717, 1.165) is 31.6 Å². The molecule has 0 heterocycles. The molecular weight excluding hydrogens is 227 g/mol. The minimum Gasteiger partial charge on any atom is -0.423 e. The molecule has 0 radical (unpaired) electrons. The monoisotopic (exact) mass is 250 g/mol. The molecule has 0 aliphatic heterocycles. The van der Waals surface area contributed by atoms with Crippen LogP contribution >= 0.6 is 0 Å². The predicted molar refractivity (Wildman–Crippen MR) is 75.8 cm³/mol. The van der Waals surface area contributed by atoms with Crippen LogP contribution in [0.5, 0.6) is 0 Å². The van der Waals surface area contributed by atoms with Crippen molar-refractivity contribution < 1.29 is 10.0 Å². The average Bonchev–Trinajstić information content (AvgIpc) is 2.28. The molecule has 0 saturated carbocycles. The first-order valence-electron chi connectivity index (χ1n) is 6.28. The van der Waals surface area contributed by atoms with E-state index in [0.29, 0.717) is 5.46 Å². The minimum atomic E-state index is -1.39. The summed E-state index contributed by atoms with van der Waals surface area (Å²) in [6.07, 6.45) is 1.10. The molecule has 0 fully saturated rings. The standard InChI is InChI=1S/C13H23BN2O2/c1-15(2)9-6-10-16(3)11-12-7-4-5-8-13(12)14(17)18/h4-5,7-8,17-18H,6,9-11H2,1-3H3. The maximum Gasteiger partial charge on any atom is 0.488 e. The number of hydrogen-bond acceptors (Lipinski definition) is 4. The van der Waals surface area contributed by atoms with Gasteiger partial charge in [0.15, 0.2) is 0 Å². The SMILES string of the molecule is CN(C)CCCN(C)Cc1ccccc1B(O)O. The van der Waals surface area contributed by atoms with E-state index in [-0.39, 0.29) is 0 Å². The zero-order valence-electron chi connectivity index (χ0n) is 11.5. The molecule has 4 nitrogen and oxygen atoms in total. The van der Waals surface area contributed by atoms with E-state index in [1.54, 1.807) is 6.07 Å². The maximum absolute atomic E-state index is 9.30. The first kappa shape index (κ1) is 15.2. The Morgan fingerprint density at radius 1 is 1.06 bits per heavy atom. The van der Waals surface area contributed by atoms with Gasteiger partial charge in [-0.05, 0) is 51.7 Å². The molecule has 1 aromatic carbocycles. The van der Waals surface area contributed by atoms with Crippen LogP contribution in [0.15, 0.2) is 24.3 Å². The van der Waals surface area contributed by atoms with Crippen molar-refractivity contribution in [3.63, 3.8) is 0 Å². The van der Waals surface area contributed by atoms with E-state index < -0.39 is 7.12 Å². The van der Waals surface area contributed by atoms with Crippen LogP contribution in [0.2, 0.25) is 0 Å². The van der Waals surface area contributed by atoms with Crippen molar-refractivity contribution in [1.29, 1.82) is 0 Å². The Kier molecular flexibility index (Phi) is 6.36. The van der Waals surface area contributed by atoms with Gasteiger partial charge in [0.2, 0.25) is 0 Å². The van der Waals surface area contributed by atoms with Crippen LogP contribution in [-0.4, -0.2) is 61.2 Å². The Morgan fingerprint density at radius 3 is 2.33 bits per heavy atom. The van der Waals surface area contributed by atoms with Crippen LogP contribution in [0.4, 0.5) is 0 Å². The lowest BCUT2D eigenvalue weighted by molar-refractivity contribution is 0.295. The molecule has 2 N–H and O–H groups in total. The summed E-state index contributed by atoms with van der Waals surface area (Å²) in [4.78, 5) is 4.37. The number of nitrogens with zero attached hydrogens (tertiary/aromatic N) is 2. The van der Waals surface area contributed by atoms with E-state index in [9.17, 15) is 10.0 Å². The van der Waals surface area contributed by atoms with Crippen molar-refractivity contribution in [2.24, 2.45) is 0 Å². The molecule has 0 aliphatic rings. The van der Waals surface area contributed by atoms with E-state index in [1.165, 1.54) is 0 Å². The Labute approximate surface area is 110 Å². The summed E-state index contributed by atoms with van der Waals surface area (Å²) in [6.45, 7) is 2.80. The Hall–Kier alpha value is -0.875. The van der Waals surface area contributed by atoms with Crippen LogP contribution in [0.3, 0.4) is 0 Å². The normalized spacial score (nSPS) is 11.3. The second-order valence-corrected chi connectivity index (χ2v) is 4.97. The van der Waals surface area contributed by atoms with Crippen molar-refractivity contribution in [1.82, 2.24) is 9.80 Å². The Balaban J connectivity index is 2.51. The number of rotatable bonds is 7. The summed E-state index contributed by atoms with van der Waals surface area (Å²) in [5.74, 6) is 0. The molecule has 0 bridgehead atoms. The number of benzene rings is 1. The highest BCUT2D eigenvalue weighted by Gasteiger charge is 2.15. The zero-order valence-corrected chi connectivity index (χ0v) is 11.5. The van der Waals surface area contributed by atoms with Gasteiger partial charge in [-0.25, -0.2) is 0 Å². The lowest BCUT2D eigenvalue weighted by Crippen LogP contribution is -2.35. The highest BCUT2D eigenvalue weighted by Crippen LogP contribution is 2.02. The van der Waals surface area contributed by atoms with Crippen molar-refractivity contribution in [2.75, 3.05) is 34.2 Å². The molecule has 1 rings (SSSR count). The molecule has 5 heteroatoms. The molecule has 0 saturated heterocycles. The molecular formula is C13H23BN2O2. The Morgan fingerprint density at radius 2 is 1.72 bits per heavy atom. The van der Waals surface area contributed by atoms with Gasteiger partial charge >= 0.3 is 7.12 Å². The molecule has 0 unspecified atom stereocenters. The largest absolute Gasteiger partial charge is 0.488 e. The molecule has 0 aromatic heterocycles. The summed E-state index contributed by atoms with van der Waals surface area (Å²) < 4.78 is 0.